The van der Waals surface area contributed by atoms with Gasteiger partial charge in [0, 0.05) is 13.1 Å². The van der Waals surface area contributed by atoms with Crippen molar-refractivity contribution in [1.29, 1.82) is 0 Å². The van der Waals surface area contributed by atoms with Gasteiger partial charge >= 0.3 is 0 Å². The number of hydrogen-bond donors (Lipinski definition) is 2. The summed E-state index contributed by atoms with van der Waals surface area (Å²) < 4.78 is 0. The fourth-order valence-corrected chi connectivity index (χ4v) is 2.95. The van der Waals surface area contributed by atoms with Gasteiger partial charge in [-0.15, -0.1) is 0 Å². The van der Waals surface area contributed by atoms with Crippen LogP contribution in [0.1, 0.15) is 35.5 Å². The van der Waals surface area contributed by atoms with Gasteiger partial charge in [0.2, 0.25) is 0 Å². The highest BCUT2D eigenvalue weighted by molar-refractivity contribution is 5.40. The quantitative estimate of drug-likeness (QED) is 0.851. The molecule has 0 spiro atoms. The lowest BCUT2D eigenvalue weighted by molar-refractivity contribution is 0.727. The number of H-pyrrole nitrogens is 1. The maximum absolute atomic E-state index is 12.1. The first-order valence-corrected chi connectivity index (χ1v) is 6.68. The fourth-order valence-electron chi connectivity index (χ4n) is 2.95. The topological polar surface area (TPSA) is 57.8 Å². The first kappa shape index (κ1) is 10.9. The van der Waals surface area contributed by atoms with Gasteiger partial charge in [-0.1, -0.05) is 30.3 Å². The molecule has 2 aliphatic rings. The summed E-state index contributed by atoms with van der Waals surface area (Å²) in [6.07, 6.45) is 2.12. The number of aromatic nitrogens is 2. The summed E-state index contributed by atoms with van der Waals surface area (Å²) in [6, 6.07) is 10.4. The van der Waals surface area contributed by atoms with Gasteiger partial charge in [0.15, 0.2) is 0 Å². The molecular weight excluding hydrogens is 238 g/mol. The molecule has 0 saturated heterocycles. The van der Waals surface area contributed by atoms with Crippen LogP contribution >= 0.6 is 0 Å². The SMILES string of the molecule is O=c1[nH]c(C2(c3ccccc3)CC2)nc2c1CNC2. The van der Waals surface area contributed by atoms with Gasteiger partial charge in [-0.2, -0.15) is 0 Å². The Hall–Kier alpha value is -1.94. The van der Waals surface area contributed by atoms with E-state index in [0.29, 0.717) is 13.1 Å². The first-order valence-electron chi connectivity index (χ1n) is 6.68. The van der Waals surface area contributed by atoms with E-state index < -0.39 is 0 Å². The van der Waals surface area contributed by atoms with Gasteiger partial charge in [-0.3, -0.25) is 4.79 Å². The summed E-state index contributed by atoms with van der Waals surface area (Å²) in [5.74, 6) is 0.839. The molecule has 4 rings (SSSR count). The number of fused-ring (bicyclic) bond motifs is 1. The van der Waals surface area contributed by atoms with Crippen LogP contribution in [-0.4, -0.2) is 9.97 Å². The molecule has 2 N–H and O–H groups in total. The van der Waals surface area contributed by atoms with E-state index in [1.807, 2.05) is 18.2 Å². The number of aromatic amines is 1. The molecule has 2 heterocycles. The van der Waals surface area contributed by atoms with E-state index in [0.717, 1.165) is 29.9 Å². The normalized spacial score (nSPS) is 19.2. The molecule has 1 aliphatic carbocycles. The van der Waals surface area contributed by atoms with Crippen molar-refractivity contribution < 1.29 is 0 Å². The van der Waals surface area contributed by atoms with E-state index >= 15 is 0 Å². The maximum atomic E-state index is 12.1. The highest BCUT2D eigenvalue weighted by atomic mass is 16.1. The zero-order valence-corrected chi connectivity index (χ0v) is 10.6. The second-order valence-electron chi connectivity index (χ2n) is 5.39. The number of hydrogen-bond acceptors (Lipinski definition) is 3. The summed E-state index contributed by atoms with van der Waals surface area (Å²) in [5.41, 5.74) is 2.93. The number of benzene rings is 1. The average Bonchev–Trinajstić information content (AvgIpc) is 3.12. The molecule has 1 fully saturated rings. The maximum Gasteiger partial charge on any atom is 0.255 e. The summed E-state index contributed by atoms with van der Waals surface area (Å²) in [6.45, 7) is 1.34. The Morgan fingerprint density at radius 2 is 1.89 bits per heavy atom. The lowest BCUT2D eigenvalue weighted by Gasteiger charge is -2.15. The predicted octanol–water partition coefficient (Wildman–Crippen LogP) is 1.45. The predicted molar refractivity (Wildman–Crippen MR) is 71.9 cm³/mol. The molecule has 1 aliphatic heterocycles. The monoisotopic (exact) mass is 253 g/mol. The lowest BCUT2D eigenvalue weighted by Crippen LogP contribution is -2.23. The number of nitrogens with zero attached hydrogens (tertiary/aromatic N) is 1. The van der Waals surface area contributed by atoms with Gasteiger partial charge in [0.25, 0.3) is 5.56 Å². The Bertz CT molecular complexity index is 686. The first-order chi connectivity index (χ1) is 9.29. The summed E-state index contributed by atoms with van der Waals surface area (Å²) in [4.78, 5) is 19.8. The molecule has 96 valence electrons. The minimum Gasteiger partial charge on any atom is -0.309 e. The smallest absolute Gasteiger partial charge is 0.255 e. The third-order valence-electron chi connectivity index (χ3n) is 4.23. The molecule has 2 aromatic rings. The molecule has 0 amide bonds. The highest BCUT2D eigenvalue weighted by Crippen LogP contribution is 2.51. The van der Waals surface area contributed by atoms with E-state index in [-0.39, 0.29) is 11.0 Å². The minimum atomic E-state index is -0.0575. The summed E-state index contributed by atoms with van der Waals surface area (Å²) in [7, 11) is 0. The zero-order valence-electron chi connectivity index (χ0n) is 10.6. The van der Waals surface area contributed by atoms with Crippen molar-refractivity contribution in [3.8, 4) is 0 Å². The average molecular weight is 253 g/mol. The third kappa shape index (κ3) is 1.56. The molecule has 1 aromatic carbocycles. The Morgan fingerprint density at radius 1 is 1.11 bits per heavy atom. The minimum absolute atomic E-state index is 0.0206. The van der Waals surface area contributed by atoms with Crippen LogP contribution in [0, 0.1) is 0 Å². The Labute approximate surface area is 110 Å². The van der Waals surface area contributed by atoms with E-state index in [4.69, 9.17) is 4.98 Å². The Balaban J connectivity index is 1.86. The summed E-state index contributed by atoms with van der Waals surface area (Å²) in [5, 5.41) is 3.18. The van der Waals surface area contributed by atoms with Gasteiger partial charge < -0.3 is 10.3 Å². The molecule has 0 atom stereocenters. The second kappa shape index (κ2) is 3.78. The Morgan fingerprint density at radius 3 is 2.63 bits per heavy atom. The number of rotatable bonds is 2. The van der Waals surface area contributed by atoms with Crippen molar-refractivity contribution in [2.24, 2.45) is 0 Å². The van der Waals surface area contributed by atoms with Crippen LogP contribution < -0.4 is 10.9 Å². The van der Waals surface area contributed by atoms with Crippen molar-refractivity contribution in [3.05, 3.63) is 63.3 Å². The Kier molecular flexibility index (Phi) is 2.17. The molecule has 0 unspecified atom stereocenters. The molecule has 4 heteroatoms. The van der Waals surface area contributed by atoms with Crippen molar-refractivity contribution in [3.63, 3.8) is 0 Å². The molecule has 1 saturated carbocycles. The van der Waals surface area contributed by atoms with Gasteiger partial charge in [0.1, 0.15) is 5.82 Å². The van der Waals surface area contributed by atoms with Gasteiger partial charge in [-0.25, -0.2) is 4.98 Å². The van der Waals surface area contributed by atoms with Crippen LogP contribution in [-0.2, 0) is 18.5 Å². The van der Waals surface area contributed by atoms with Gasteiger partial charge in [-0.05, 0) is 18.4 Å². The molecular formula is C15H15N3O. The molecule has 1 aromatic heterocycles. The van der Waals surface area contributed by atoms with Crippen LogP contribution in [0.2, 0.25) is 0 Å². The van der Waals surface area contributed by atoms with Crippen molar-refractivity contribution in [2.45, 2.75) is 31.3 Å². The van der Waals surface area contributed by atoms with Crippen molar-refractivity contribution >= 4 is 0 Å². The second-order valence-corrected chi connectivity index (χ2v) is 5.39. The van der Waals surface area contributed by atoms with Crippen molar-refractivity contribution in [1.82, 2.24) is 15.3 Å². The van der Waals surface area contributed by atoms with Crippen LogP contribution in [0.25, 0.3) is 0 Å². The van der Waals surface area contributed by atoms with E-state index in [1.54, 1.807) is 0 Å². The lowest BCUT2D eigenvalue weighted by atomic mass is 9.95. The molecule has 0 bridgehead atoms. The number of nitrogens with one attached hydrogen (secondary N) is 2. The molecule has 4 nitrogen and oxygen atoms in total. The van der Waals surface area contributed by atoms with Crippen LogP contribution in [0.4, 0.5) is 0 Å². The third-order valence-corrected chi connectivity index (χ3v) is 4.23. The van der Waals surface area contributed by atoms with Crippen molar-refractivity contribution in [2.75, 3.05) is 0 Å². The van der Waals surface area contributed by atoms with Gasteiger partial charge in [0.05, 0.1) is 16.7 Å². The van der Waals surface area contributed by atoms with E-state index in [2.05, 4.69) is 22.4 Å². The van der Waals surface area contributed by atoms with Crippen LogP contribution in [0.3, 0.4) is 0 Å². The van der Waals surface area contributed by atoms with Crippen LogP contribution in [0.5, 0.6) is 0 Å². The molecule has 19 heavy (non-hydrogen) atoms. The van der Waals surface area contributed by atoms with Crippen LogP contribution in [0.15, 0.2) is 35.1 Å². The molecule has 0 radical (unpaired) electrons. The highest BCUT2D eigenvalue weighted by Gasteiger charge is 2.48. The van der Waals surface area contributed by atoms with E-state index in [9.17, 15) is 4.79 Å². The van der Waals surface area contributed by atoms with E-state index in [1.165, 1.54) is 5.56 Å². The summed E-state index contributed by atoms with van der Waals surface area (Å²) >= 11 is 0. The largest absolute Gasteiger partial charge is 0.309 e. The standard InChI is InChI=1S/C15H15N3O/c19-13-11-8-16-9-12(11)17-14(18-13)15(6-7-15)10-4-2-1-3-5-10/h1-5,16H,6-9H2,(H,17,18,19). The zero-order chi connectivity index (χ0) is 12.9. The fraction of sp³-hybridized carbons (Fsp3) is 0.333.